The zero-order valence-corrected chi connectivity index (χ0v) is 19.1. The van der Waals surface area contributed by atoms with E-state index < -0.39 is 18.0 Å². The Hall–Kier alpha value is -3.39. The van der Waals surface area contributed by atoms with E-state index in [0.29, 0.717) is 33.5 Å². The number of nitrogens with one attached hydrogen (secondary N) is 1. The quantitative estimate of drug-likeness (QED) is 0.600. The maximum absolute atomic E-state index is 13.0. The fourth-order valence-corrected chi connectivity index (χ4v) is 3.56. The van der Waals surface area contributed by atoms with E-state index in [1.165, 1.54) is 12.0 Å². The van der Waals surface area contributed by atoms with Gasteiger partial charge in [-0.25, -0.2) is 9.59 Å². The number of methoxy groups -OCH3 is 2. The summed E-state index contributed by atoms with van der Waals surface area (Å²) in [4.78, 5) is 27.2. The summed E-state index contributed by atoms with van der Waals surface area (Å²) < 4.78 is 21.9. The molecule has 0 saturated carbocycles. The number of amides is 2. The Morgan fingerprint density at radius 2 is 1.91 bits per heavy atom. The largest absolute Gasteiger partial charge is 0.497 e. The summed E-state index contributed by atoms with van der Waals surface area (Å²) in [6.07, 6.45) is 0. The number of hydrogen-bond donors (Lipinski definition) is 1. The number of likely N-dealkylation sites (N-methyl/N-ethyl adjacent to an activating group) is 1. The standard InChI is InChI=1S/C23H25ClN2O6/c1-5-31-22(27)20-18(13-32-16-8-6-7-14(24)11-16)26(2)23(28)25-21(20)17-10-9-15(29-3)12-19(17)30-4/h6-12,21H,5,13H2,1-4H3,(H,25,28)/t21-/m1/s1. The Kier molecular flexibility index (Phi) is 7.48. The van der Waals surface area contributed by atoms with Gasteiger partial charge in [-0.15, -0.1) is 0 Å². The van der Waals surface area contributed by atoms with Crippen LogP contribution in [-0.4, -0.2) is 51.4 Å². The fraction of sp³-hybridized carbons (Fsp3) is 0.304. The number of halogens is 1. The topological polar surface area (TPSA) is 86.3 Å². The molecule has 2 amide bonds. The summed E-state index contributed by atoms with van der Waals surface area (Å²) in [6, 6.07) is 10.8. The molecule has 0 bridgehead atoms. The van der Waals surface area contributed by atoms with Crippen molar-refractivity contribution in [3.63, 3.8) is 0 Å². The molecule has 0 aromatic heterocycles. The highest BCUT2D eigenvalue weighted by Crippen LogP contribution is 2.37. The highest BCUT2D eigenvalue weighted by Gasteiger charge is 2.38. The van der Waals surface area contributed by atoms with Gasteiger partial charge in [-0.05, 0) is 37.3 Å². The van der Waals surface area contributed by atoms with E-state index in [1.807, 2.05) is 0 Å². The Morgan fingerprint density at radius 1 is 1.12 bits per heavy atom. The van der Waals surface area contributed by atoms with Gasteiger partial charge in [0, 0.05) is 23.7 Å². The maximum atomic E-state index is 13.0. The molecule has 170 valence electrons. The van der Waals surface area contributed by atoms with Crippen LogP contribution in [0.4, 0.5) is 4.79 Å². The van der Waals surface area contributed by atoms with Crippen molar-refractivity contribution in [2.45, 2.75) is 13.0 Å². The number of benzene rings is 2. The average molecular weight is 461 g/mol. The van der Waals surface area contributed by atoms with E-state index >= 15 is 0 Å². The Bertz CT molecular complexity index is 1040. The second-order valence-electron chi connectivity index (χ2n) is 6.88. The molecule has 0 aliphatic carbocycles. The molecule has 1 heterocycles. The molecule has 32 heavy (non-hydrogen) atoms. The molecule has 1 N–H and O–H groups in total. The second kappa shape index (κ2) is 10.3. The van der Waals surface area contributed by atoms with Crippen LogP contribution in [0.25, 0.3) is 0 Å². The Balaban J connectivity index is 2.09. The molecule has 3 rings (SSSR count). The van der Waals surface area contributed by atoms with Gasteiger partial charge in [-0.2, -0.15) is 0 Å². The van der Waals surface area contributed by atoms with Crippen LogP contribution in [0.15, 0.2) is 53.7 Å². The van der Waals surface area contributed by atoms with Gasteiger partial charge in [0.25, 0.3) is 0 Å². The molecule has 9 heteroatoms. The third-order valence-electron chi connectivity index (χ3n) is 5.00. The third-order valence-corrected chi connectivity index (χ3v) is 5.23. The summed E-state index contributed by atoms with van der Waals surface area (Å²) in [7, 11) is 4.61. The lowest BCUT2D eigenvalue weighted by Gasteiger charge is -2.35. The molecular formula is C23H25ClN2O6. The molecule has 0 saturated heterocycles. The van der Waals surface area contributed by atoms with Crippen LogP contribution in [0.1, 0.15) is 18.5 Å². The van der Waals surface area contributed by atoms with Gasteiger partial charge >= 0.3 is 12.0 Å². The lowest BCUT2D eigenvalue weighted by Crippen LogP contribution is -2.48. The van der Waals surface area contributed by atoms with Crippen LogP contribution in [-0.2, 0) is 9.53 Å². The van der Waals surface area contributed by atoms with Crippen LogP contribution >= 0.6 is 11.6 Å². The molecule has 1 aliphatic rings. The van der Waals surface area contributed by atoms with Crippen LogP contribution in [0.2, 0.25) is 5.02 Å². The van der Waals surface area contributed by atoms with E-state index in [2.05, 4.69) is 5.32 Å². The van der Waals surface area contributed by atoms with Crippen LogP contribution in [0.5, 0.6) is 17.2 Å². The van der Waals surface area contributed by atoms with Crippen molar-refractivity contribution in [1.29, 1.82) is 0 Å². The molecule has 2 aromatic carbocycles. The van der Waals surface area contributed by atoms with E-state index in [1.54, 1.807) is 63.5 Å². The first-order valence-electron chi connectivity index (χ1n) is 9.94. The predicted octanol–water partition coefficient (Wildman–Crippen LogP) is 3.95. The van der Waals surface area contributed by atoms with Crippen molar-refractivity contribution in [3.8, 4) is 17.2 Å². The van der Waals surface area contributed by atoms with Crippen molar-refractivity contribution in [3.05, 3.63) is 64.3 Å². The molecule has 1 atom stereocenters. The van der Waals surface area contributed by atoms with Gasteiger partial charge in [0.05, 0.1) is 38.1 Å². The van der Waals surface area contributed by atoms with Crippen LogP contribution in [0.3, 0.4) is 0 Å². The van der Waals surface area contributed by atoms with Gasteiger partial charge < -0.3 is 24.3 Å². The number of urea groups is 1. The number of rotatable bonds is 8. The molecular weight excluding hydrogens is 436 g/mol. The van der Waals surface area contributed by atoms with E-state index in [0.717, 1.165) is 0 Å². The number of esters is 1. The third kappa shape index (κ3) is 4.91. The van der Waals surface area contributed by atoms with Crippen molar-refractivity contribution in [1.82, 2.24) is 10.2 Å². The first-order valence-corrected chi connectivity index (χ1v) is 10.3. The molecule has 0 unspecified atom stereocenters. The van der Waals surface area contributed by atoms with Crippen molar-refractivity contribution in [2.24, 2.45) is 0 Å². The fourth-order valence-electron chi connectivity index (χ4n) is 3.38. The zero-order chi connectivity index (χ0) is 23.3. The van der Waals surface area contributed by atoms with E-state index in [4.69, 9.17) is 30.5 Å². The maximum Gasteiger partial charge on any atom is 0.338 e. The molecule has 2 aromatic rings. The first-order chi connectivity index (χ1) is 15.4. The summed E-state index contributed by atoms with van der Waals surface area (Å²) in [6.45, 7) is 1.84. The smallest absolute Gasteiger partial charge is 0.338 e. The van der Waals surface area contributed by atoms with Gasteiger partial charge in [0.15, 0.2) is 0 Å². The van der Waals surface area contributed by atoms with Crippen molar-refractivity contribution >= 4 is 23.6 Å². The predicted molar refractivity (Wildman–Crippen MR) is 119 cm³/mol. The van der Waals surface area contributed by atoms with Gasteiger partial charge in [-0.3, -0.25) is 4.90 Å². The lowest BCUT2D eigenvalue weighted by atomic mass is 9.94. The van der Waals surface area contributed by atoms with Crippen molar-refractivity contribution in [2.75, 3.05) is 34.5 Å². The molecule has 0 radical (unpaired) electrons. The minimum Gasteiger partial charge on any atom is -0.497 e. The minimum atomic E-state index is -0.809. The number of carbonyl (C=O) groups excluding carboxylic acids is 2. The average Bonchev–Trinajstić information content (AvgIpc) is 2.79. The summed E-state index contributed by atoms with van der Waals surface area (Å²) >= 11 is 6.04. The zero-order valence-electron chi connectivity index (χ0n) is 18.3. The lowest BCUT2D eigenvalue weighted by molar-refractivity contribution is -0.139. The highest BCUT2D eigenvalue weighted by atomic mass is 35.5. The first kappa shape index (κ1) is 23.3. The minimum absolute atomic E-state index is 0.0482. The normalized spacial score (nSPS) is 15.8. The second-order valence-corrected chi connectivity index (χ2v) is 7.31. The number of nitrogens with zero attached hydrogens (tertiary/aromatic N) is 1. The number of hydrogen-bond acceptors (Lipinski definition) is 6. The monoisotopic (exact) mass is 460 g/mol. The highest BCUT2D eigenvalue weighted by molar-refractivity contribution is 6.30. The molecule has 0 spiro atoms. The summed E-state index contributed by atoms with van der Waals surface area (Å²) in [5.74, 6) is 0.977. The van der Waals surface area contributed by atoms with Crippen LogP contribution in [0, 0.1) is 0 Å². The van der Waals surface area contributed by atoms with Gasteiger partial charge in [0.1, 0.15) is 23.9 Å². The molecule has 8 nitrogen and oxygen atoms in total. The SMILES string of the molecule is CCOC(=O)C1=C(COc2cccc(Cl)c2)N(C)C(=O)N[C@@H]1c1ccc(OC)cc1OC. The van der Waals surface area contributed by atoms with Crippen molar-refractivity contribution < 1.29 is 28.5 Å². The number of carbonyl (C=O) groups is 2. The van der Waals surface area contributed by atoms with E-state index in [9.17, 15) is 9.59 Å². The van der Waals surface area contributed by atoms with Gasteiger partial charge in [-0.1, -0.05) is 17.7 Å². The molecule has 0 fully saturated rings. The summed E-state index contributed by atoms with van der Waals surface area (Å²) in [5.41, 5.74) is 1.20. The molecule has 1 aliphatic heterocycles. The Labute approximate surface area is 191 Å². The number of ether oxygens (including phenoxy) is 4. The summed E-state index contributed by atoms with van der Waals surface area (Å²) in [5, 5.41) is 3.36. The van der Waals surface area contributed by atoms with E-state index in [-0.39, 0.29) is 18.8 Å². The Morgan fingerprint density at radius 3 is 2.56 bits per heavy atom. The van der Waals surface area contributed by atoms with Gasteiger partial charge in [0.2, 0.25) is 0 Å². The van der Waals surface area contributed by atoms with Crippen LogP contribution < -0.4 is 19.5 Å².